The Morgan fingerprint density at radius 2 is 2.33 bits per heavy atom. The van der Waals surface area contributed by atoms with E-state index in [1.54, 1.807) is 6.07 Å². The van der Waals surface area contributed by atoms with Crippen molar-refractivity contribution in [1.82, 2.24) is 9.97 Å². The van der Waals surface area contributed by atoms with Crippen LogP contribution < -0.4 is 0 Å². The van der Waals surface area contributed by atoms with E-state index >= 15 is 0 Å². The maximum atomic E-state index is 12.9. The predicted octanol–water partition coefficient (Wildman–Crippen LogP) is 2.58. The summed E-state index contributed by atoms with van der Waals surface area (Å²) >= 11 is 5.90. The van der Waals surface area contributed by atoms with E-state index in [4.69, 9.17) is 11.6 Å². The van der Waals surface area contributed by atoms with Crippen molar-refractivity contribution < 1.29 is 13.9 Å². The van der Waals surface area contributed by atoms with E-state index in [-0.39, 0.29) is 5.69 Å². The average molecular weight is 269 g/mol. The van der Waals surface area contributed by atoms with Crippen molar-refractivity contribution in [3.05, 3.63) is 52.3 Å². The predicted molar refractivity (Wildman–Crippen MR) is 64.1 cm³/mol. The Bertz CT molecular complexity index is 583. The molecule has 0 saturated heterocycles. The number of imidazole rings is 1. The number of benzene rings is 1. The summed E-state index contributed by atoms with van der Waals surface area (Å²) in [6.07, 6.45) is 1.77. The van der Waals surface area contributed by atoms with Crippen molar-refractivity contribution in [3.8, 4) is 0 Å². The third-order valence-electron chi connectivity index (χ3n) is 2.41. The molecule has 0 fully saturated rings. The molecule has 0 aliphatic rings. The first-order valence-electron chi connectivity index (χ1n) is 5.16. The third kappa shape index (κ3) is 2.68. The zero-order valence-electron chi connectivity index (χ0n) is 9.54. The quantitative estimate of drug-likeness (QED) is 0.871. The lowest BCUT2D eigenvalue weighted by Crippen LogP contribution is -2.01. The summed E-state index contributed by atoms with van der Waals surface area (Å²) in [6.45, 7) is 0. The highest BCUT2D eigenvalue weighted by molar-refractivity contribution is 6.31. The summed E-state index contributed by atoms with van der Waals surface area (Å²) in [5.41, 5.74) is 0.995. The van der Waals surface area contributed by atoms with E-state index in [2.05, 4.69) is 14.7 Å². The summed E-state index contributed by atoms with van der Waals surface area (Å²) in [4.78, 5) is 18.1. The summed E-state index contributed by atoms with van der Waals surface area (Å²) in [5.74, 6) is -0.318. The second-order valence-electron chi connectivity index (χ2n) is 3.65. The number of nitrogens with zero attached hydrogens (tertiary/aromatic N) is 1. The Balaban J connectivity index is 2.18. The molecule has 0 atom stereocenters. The minimum Gasteiger partial charge on any atom is -0.464 e. The molecule has 0 spiro atoms. The van der Waals surface area contributed by atoms with Crippen molar-refractivity contribution >= 4 is 17.6 Å². The molecular weight excluding hydrogens is 259 g/mol. The average Bonchev–Trinajstić information content (AvgIpc) is 2.80. The molecule has 0 unspecified atom stereocenters. The summed E-state index contributed by atoms with van der Waals surface area (Å²) < 4.78 is 17.4. The fourth-order valence-electron chi connectivity index (χ4n) is 1.51. The van der Waals surface area contributed by atoms with Gasteiger partial charge in [0.1, 0.15) is 17.3 Å². The van der Waals surface area contributed by atoms with Crippen LogP contribution in [0.1, 0.15) is 21.9 Å². The maximum Gasteiger partial charge on any atom is 0.356 e. The van der Waals surface area contributed by atoms with Gasteiger partial charge in [0.25, 0.3) is 0 Å². The number of methoxy groups -OCH3 is 1. The van der Waals surface area contributed by atoms with Crippen LogP contribution in [-0.4, -0.2) is 23.0 Å². The smallest absolute Gasteiger partial charge is 0.356 e. The van der Waals surface area contributed by atoms with Gasteiger partial charge in [0.15, 0.2) is 0 Å². The second-order valence-corrected chi connectivity index (χ2v) is 4.05. The van der Waals surface area contributed by atoms with E-state index in [0.29, 0.717) is 17.3 Å². The number of halogens is 2. The highest BCUT2D eigenvalue weighted by Crippen LogP contribution is 2.19. The van der Waals surface area contributed by atoms with Crippen molar-refractivity contribution in [1.29, 1.82) is 0 Å². The zero-order chi connectivity index (χ0) is 13.1. The number of hydrogen-bond donors (Lipinski definition) is 1. The molecule has 1 aromatic carbocycles. The molecule has 2 rings (SSSR count). The van der Waals surface area contributed by atoms with Crippen LogP contribution in [0.5, 0.6) is 0 Å². The Morgan fingerprint density at radius 1 is 1.56 bits per heavy atom. The molecule has 0 saturated carbocycles. The van der Waals surface area contributed by atoms with E-state index in [1.807, 2.05) is 0 Å². The molecule has 94 valence electrons. The first kappa shape index (κ1) is 12.6. The van der Waals surface area contributed by atoms with Crippen LogP contribution in [0, 0.1) is 5.82 Å². The third-order valence-corrected chi connectivity index (χ3v) is 2.76. The molecule has 4 nitrogen and oxygen atoms in total. The van der Waals surface area contributed by atoms with Crippen LogP contribution in [-0.2, 0) is 11.2 Å². The Morgan fingerprint density at radius 3 is 3.00 bits per heavy atom. The number of carbonyl (C=O) groups is 1. The number of aromatic nitrogens is 2. The van der Waals surface area contributed by atoms with Gasteiger partial charge in [-0.1, -0.05) is 17.7 Å². The maximum absolute atomic E-state index is 12.9. The Kier molecular flexibility index (Phi) is 3.62. The number of hydrogen-bond acceptors (Lipinski definition) is 3. The van der Waals surface area contributed by atoms with Gasteiger partial charge in [0, 0.05) is 11.4 Å². The summed E-state index contributed by atoms with van der Waals surface area (Å²) in [5, 5.41) is 0.325. The molecule has 0 aliphatic heterocycles. The monoisotopic (exact) mass is 268 g/mol. The molecule has 0 aliphatic carbocycles. The first-order chi connectivity index (χ1) is 8.60. The fraction of sp³-hybridized carbons (Fsp3) is 0.167. The number of carbonyl (C=O) groups excluding carboxylic acids is 1. The topological polar surface area (TPSA) is 55.0 Å². The van der Waals surface area contributed by atoms with Gasteiger partial charge in [0.05, 0.1) is 13.3 Å². The molecular formula is C12H10ClFN2O2. The minimum absolute atomic E-state index is 0.269. The highest BCUT2D eigenvalue weighted by atomic mass is 35.5. The van der Waals surface area contributed by atoms with E-state index in [0.717, 1.165) is 5.56 Å². The Hall–Kier alpha value is -1.88. The molecule has 1 aromatic heterocycles. The van der Waals surface area contributed by atoms with Crippen molar-refractivity contribution in [2.45, 2.75) is 6.42 Å². The molecule has 0 bridgehead atoms. The van der Waals surface area contributed by atoms with E-state index < -0.39 is 11.8 Å². The van der Waals surface area contributed by atoms with Crippen LogP contribution in [0.15, 0.2) is 24.4 Å². The van der Waals surface area contributed by atoms with Crippen LogP contribution >= 0.6 is 11.6 Å². The number of aromatic amines is 1. The van der Waals surface area contributed by atoms with Gasteiger partial charge in [-0.25, -0.2) is 14.2 Å². The van der Waals surface area contributed by atoms with Gasteiger partial charge in [-0.3, -0.25) is 0 Å². The number of H-pyrrole nitrogens is 1. The summed E-state index contributed by atoms with van der Waals surface area (Å²) in [7, 11) is 1.29. The van der Waals surface area contributed by atoms with Crippen molar-refractivity contribution in [2.75, 3.05) is 7.11 Å². The number of esters is 1. The van der Waals surface area contributed by atoms with Gasteiger partial charge < -0.3 is 9.72 Å². The minimum atomic E-state index is -0.487. The number of ether oxygens (including phenoxy) is 1. The van der Waals surface area contributed by atoms with Crippen molar-refractivity contribution in [2.24, 2.45) is 0 Å². The summed E-state index contributed by atoms with van der Waals surface area (Å²) in [6, 6.07) is 4.14. The number of rotatable bonds is 3. The number of nitrogens with one attached hydrogen (secondary N) is 1. The molecule has 1 N–H and O–H groups in total. The zero-order valence-corrected chi connectivity index (χ0v) is 10.3. The molecule has 2 aromatic rings. The van der Waals surface area contributed by atoms with Gasteiger partial charge in [0.2, 0.25) is 0 Å². The lowest BCUT2D eigenvalue weighted by atomic mass is 10.1. The van der Waals surface area contributed by atoms with E-state index in [1.165, 1.54) is 25.4 Å². The van der Waals surface area contributed by atoms with Gasteiger partial charge in [-0.05, 0) is 17.7 Å². The van der Waals surface area contributed by atoms with Crippen LogP contribution in [0.3, 0.4) is 0 Å². The SMILES string of the molecule is COC(=O)c1cnc(Cc2ccc(F)cc2Cl)[nH]1. The molecule has 1 heterocycles. The van der Waals surface area contributed by atoms with Crippen molar-refractivity contribution in [3.63, 3.8) is 0 Å². The first-order valence-corrected chi connectivity index (χ1v) is 5.54. The van der Waals surface area contributed by atoms with Crippen LogP contribution in [0.25, 0.3) is 0 Å². The van der Waals surface area contributed by atoms with Gasteiger partial charge in [-0.15, -0.1) is 0 Å². The molecule has 0 amide bonds. The van der Waals surface area contributed by atoms with E-state index in [9.17, 15) is 9.18 Å². The highest BCUT2D eigenvalue weighted by Gasteiger charge is 2.11. The largest absolute Gasteiger partial charge is 0.464 e. The Labute approximate surface area is 108 Å². The molecule has 0 radical (unpaired) electrons. The lowest BCUT2D eigenvalue weighted by Gasteiger charge is -2.01. The van der Waals surface area contributed by atoms with Gasteiger partial charge in [-0.2, -0.15) is 0 Å². The van der Waals surface area contributed by atoms with Crippen LogP contribution in [0.4, 0.5) is 4.39 Å². The lowest BCUT2D eigenvalue weighted by molar-refractivity contribution is 0.0594. The normalized spacial score (nSPS) is 10.4. The molecule has 6 heteroatoms. The van der Waals surface area contributed by atoms with Crippen LogP contribution in [0.2, 0.25) is 5.02 Å². The fourth-order valence-corrected chi connectivity index (χ4v) is 1.75. The second kappa shape index (κ2) is 5.18. The molecule has 18 heavy (non-hydrogen) atoms. The standard InChI is InChI=1S/C12H10ClFN2O2/c1-18-12(17)10-6-15-11(16-10)4-7-2-3-8(14)5-9(7)13/h2-3,5-6H,4H2,1H3,(H,15,16). The van der Waals surface area contributed by atoms with Gasteiger partial charge >= 0.3 is 5.97 Å².